The molecule has 0 aromatic rings. The highest BCUT2D eigenvalue weighted by atomic mass is 16.6. The van der Waals surface area contributed by atoms with Crippen molar-refractivity contribution in [2.24, 2.45) is 22.7 Å². The minimum absolute atomic E-state index is 0.159. The van der Waals surface area contributed by atoms with E-state index in [4.69, 9.17) is 4.74 Å². The molecule has 0 heterocycles. The summed E-state index contributed by atoms with van der Waals surface area (Å²) in [5.74, 6) is 1.15. The summed E-state index contributed by atoms with van der Waals surface area (Å²) in [6.07, 6.45) is 3.77. The molecule has 2 heteroatoms. The van der Waals surface area contributed by atoms with Gasteiger partial charge in [-0.1, -0.05) is 27.4 Å². The van der Waals surface area contributed by atoms with Crippen LogP contribution in [0.4, 0.5) is 0 Å². The van der Waals surface area contributed by atoms with Crippen molar-refractivity contribution in [3.63, 3.8) is 0 Å². The van der Waals surface area contributed by atoms with Crippen LogP contribution in [-0.4, -0.2) is 11.6 Å². The van der Waals surface area contributed by atoms with E-state index in [1.165, 1.54) is 19.3 Å². The van der Waals surface area contributed by atoms with Crippen molar-refractivity contribution in [1.82, 2.24) is 0 Å². The Morgan fingerprint density at radius 2 is 2.00 bits per heavy atom. The lowest BCUT2D eigenvalue weighted by atomic mass is 9.77. The predicted octanol–water partition coefficient (Wildman–Crippen LogP) is 3.32. The lowest BCUT2D eigenvalue weighted by Crippen LogP contribution is -2.40. The highest BCUT2D eigenvalue weighted by molar-refractivity contribution is 5.87. The molecule has 3 saturated carbocycles. The van der Waals surface area contributed by atoms with Crippen molar-refractivity contribution in [1.29, 1.82) is 0 Å². The molecule has 0 saturated heterocycles. The van der Waals surface area contributed by atoms with Gasteiger partial charge in [-0.05, 0) is 32.1 Å². The number of hydrogen-bond acceptors (Lipinski definition) is 2. The van der Waals surface area contributed by atoms with Crippen molar-refractivity contribution in [2.75, 3.05) is 0 Å². The zero-order valence-electron chi connectivity index (χ0n) is 11.3. The number of fused-ring (bicyclic) bond motifs is 5. The van der Waals surface area contributed by atoms with Gasteiger partial charge in [0.25, 0.3) is 0 Å². The Labute approximate surface area is 103 Å². The summed E-state index contributed by atoms with van der Waals surface area (Å²) in [7, 11) is 0. The number of rotatable bonds is 2. The monoisotopic (exact) mass is 234 g/mol. The quantitative estimate of drug-likeness (QED) is 0.541. The van der Waals surface area contributed by atoms with Crippen LogP contribution < -0.4 is 0 Å². The van der Waals surface area contributed by atoms with Crippen LogP contribution in [-0.2, 0) is 9.53 Å². The van der Waals surface area contributed by atoms with Gasteiger partial charge >= 0.3 is 5.97 Å². The lowest BCUT2D eigenvalue weighted by Gasteiger charge is -2.36. The van der Waals surface area contributed by atoms with Crippen LogP contribution in [0.3, 0.4) is 0 Å². The molecule has 3 rings (SSSR count). The summed E-state index contributed by atoms with van der Waals surface area (Å²) in [5.41, 5.74) is 0.689. The zero-order valence-corrected chi connectivity index (χ0v) is 11.3. The van der Waals surface area contributed by atoms with E-state index in [0.29, 0.717) is 11.5 Å². The molecule has 0 spiro atoms. The first kappa shape index (κ1) is 11.3. The minimum Gasteiger partial charge on any atom is -0.454 e. The van der Waals surface area contributed by atoms with Gasteiger partial charge in [0.15, 0.2) is 0 Å². The van der Waals surface area contributed by atoms with E-state index in [9.17, 15) is 4.79 Å². The highest BCUT2D eigenvalue weighted by Gasteiger charge is 2.87. The van der Waals surface area contributed by atoms with E-state index < -0.39 is 0 Å². The molecule has 2 bridgehead atoms. The van der Waals surface area contributed by atoms with Crippen molar-refractivity contribution < 1.29 is 9.53 Å². The van der Waals surface area contributed by atoms with Crippen LogP contribution >= 0.6 is 0 Å². The second kappa shape index (κ2) is 2.78. The average molecular weight is 234 g/mol. The van der Waals surface area contributed by atoms with Crippen LogP contribution in [0.5, 0.6) is 0 Å². The fourth-order valence-electron chi connectivity index (χ4n) is 5.30. The van der Waals surface area contributed by atoms with Gasteiger partial charge in [0.05, 0.1) is 0 Å². The third kappa shape index (κ3) is 1.01. The highest BCUT2D eigenvalue weighted by Crippen LogP contribution is 2.84. The molecule has 0 aromatic carbocycles. The van der Waals surface area contributed by atoms with Gasteiger partial charge in [-0.3, -0.25) is 0 Å². The molecule has 17 heavy (non-hydrogen) atoms. The fraction of sp³-hybridized carbons (Fsp3) is 0.800. The first-order valence-electron chi connectivity index (χ1n) is 6.65. The van der Waals surface area contributed by atoms with Crippen LogP contribution in [0.25, 0.3) is 0 Å². The van der Waals surface area contributed by atoms with Gasteiger partial charge in [0.1, 0.15) is 5.60 Å². The Bertz CT molecular complexity index is 423. The standard InChI is InChI=1S/C15H22O2/c1-9(2)12(16)17-15-11(13(15,3)4)10-6-7-14(15,5)8-10/h10-11H,1,6-8H2,2-5H3. The van der Waals surface area contributed by atoms with E-state index in [2.05, 4.69) is 27.4 Å². The summed E-state index contributed by atoms with van der Waals surface area (Å²) in [4.78, 5) is 11.9. The molecule has 0 N–H and O–H groups in total. The van der Waals surface area contributed by atoms with Gasteiger partial charge in [0.2, 0.25) is 0 Å². The summed E-state index contributed by atoms with van der Waals surface area (Å²) < 4.78 is 5.95. The minimum atomic E-state index is -0.200. The molecule has 0 aliphatic heterocycles. The number of ether oxygens (including phenoxy) is 1. The van der Waals surface area contributed by atoms with Gasteiger partial charge < -0.3 is 4.74 Å². The van der Waals surface area contributed by atoms with Gasteiger partial charge in [-0.2, -0.15) is 0 Å². The molecular weight excluding hydrogens is 212 g/mol. The van der Waals surface area contributed by atoms with Gasteiger partial charge in [-0.25, -0.2) is 4.79 Å². The molecule has 4 atom stereocenters. The van der Waals surface area contributed by atoms with Crippen molar-refractivity contribution in [3.05, 3.63) is 12.2 Å². The van der Waals surface area contributed by atoms with Crippen molar-refractivity contribution in [2.45, 2.75) is 52.6 Å². The Morgan fingerprint density at radius 1 is 1.35 bits per heavy atom. The molecule has 0 aromatic heterocycles. The van der Waals surface area contributed by atoms with Crippen LogP contribution in [0.1, 0.15) is 47.0 Å². The van der Waals surface area contributed by atoms with Gasteiger partial charge in [0, 0.05) is 22.3 Å². The summed E-state index contributed by atoms with van der Waals surface area (Å²) in [6, 6.07) is 0. The second-order valence-electron chi connectivity index (χ2n) is 7.17. The molecule has 0 amide bonds. The molecule has 2 nitrogen and oxygen atoms in total. The third-order valence-electron chi connectivity index (χ3n) is 5.84. The number of carbonyl (C=O) groups is 1. The first-order valence-corrected chi connectivity index (χ1v) is 6.65. The van der Waals surface area contributed by atoms with E-state index in [1.54, 1.807) is 6.92 Å². The maximum absolute atomic E-state index is 11.9. The van der Waals surface area contributed by atoms with Gasteiger partial charge in [-0.15, -0.1) is 0 Å². The second-order valence-corrected chi connectivity index (χ2v) is 7.17. The third-order valence-corrected chi connectivity index (χ3v) is 5.84. The van der Waals surface area contributed by atoms with E-state index in [-0.39, 0.29) is 22.4 Å². The number of carbonyl (C=O) groups excluding carboxylic acids is 1. The van der Waals surface area contributed by atoms with Crippen LogP contribution in [0, 0.1) is 22.7 Å². The van der Waals surface area contributed by atoms with Crippen molar-refractivity contribution >= 4 is 5.97 Å². The molecule has 3 aliphatic rings. The largest absolute Gasteiger partial charge is 0.454 e. The van der Waals surface area contributed by atoms with Crippen LogP contribution in [0.15, 0.2) is 12.2 Å². The Kier molecular flexibility index (Phi) is 1.85. The summed E-state index contributed by atoms with van der Waals surface area (Å²) in [5, 5.41) is 0. The zero-order chi connectivity index (χ0) is 12.6. The Balaban J connectivity index is 1.96. The fourth-order valence-corrected chi connectivity index (χ4v) is 5.30. The molecule has 0 radical (unpaired) electrons. The molecule has 3 fully saturated rings. The number of hydrogen-bond donors (Lipinski definition) is 0. The van der Waals surface area contributed by atoms with E-state index in [0.717, 1.165) is 5.92 Å². The molecular formula is C15H22O2. The van der Waals surface area contributed by atoms with E-state index >= 15 is 0 Å². The van der Waals surface area contributed by atoms with Crippen molar-refractivity contribution in [3.8, 4) is 0 Å². The topological polar surface area (TPSA) is 26.3 Å². The molecule has 3 aliphatic carbocycles. The SMILES string of the molecule is C=C(C)C(=O)OC12C(C3CCC1(C)C3)C2(C)C. The first-order chi connectivity index (χ1) is 7.76. The van der Waals surface area contributed by atoms with E-state index in [1.807, 2.05) is 0 Å². The normalized spacial score (nSPS) is 48.7. The lowest BCUT2D eigenvalue weighted by molar-refractivity contribution is -0.158. The predicted molar refractivity (Wildman–Crippen MR) is 66.4 cm³/mol. The van der Waals surface area contributed by atoms with Crippen LogP contribution in [0.2, 0.25) is 0 Å². The summed E-state index contributed by atoms with van der Waals surface area (Å²) in [6.45, 7) is 12.3. The average Bonchev–Trinajstić information content (AvgIpc) is 2.54. The maximum atomic E-state index is 11.9. The summed E-state index contributed by atoms with van der Waals surface area (Å²) >= 11 is 0. The molecule has 4 unspecified atom stereocenters. The Morgan fingerprint density at radius 3 is 2.53 bits per heavy atom. The smallest absolute Gasteiger partial charge is 0.333 e. The Hall–Kier alpha value is -0.790. The molecule has 94 valence electrons. The number of esters is 1. The maximum Gasteiger partial charge on any atom is 0.333 e.